The van der Waals surface area contributed by atoms with Gasteiger partial charge in [-0.2, -0.15) is 0 Å². The van der Waals surface area contributed by atoms with Crippen LogP contribution in [0.4, 0.5) is 5.69 Å². The summed E-state index contributed by atoms with van der Waals surface area (Å²) in [5.74, 6) is -0.968. The molecule has 3 aliphatic heterocycles. The molecule has 6 rings (SSSR count). The van der Waals surface area contributed by atoms with Gasteiger partial charge in [0.2, 0.25) is 17.7 Å². The molecule has 4 fully saturated rings. The third-order valence-electron chi connectivity index (χ3n) is 10.6. The number of hydrogen-bond donors (Lipinski definition) is 2. The molecule has 5 aliphatic rings. The van der Waals surface area contributed by atoms with Crippen LogP contribution < -0.4 is 10.6 Å². The molecular formula is C34H47N3O4. The van der Waals surface area contributed by atoms with Gasteiger partial charge < -0.3 is 20.3 Å². The second-order valence-electron chi connectivity index (χ2n) is 13.6. The summed E-state index contributed by atoms with van der Waals surface area (Å²) < 4.78 is 6.61. The van der Waals surface area contributed by atoms with Crippen LogP contribution in [0.15, 0.2) is 36.4 Å². The first-order valence-electron chi connectivity index (χ1n) is 16.2. The van der Waals surface area contributed by atoms with Crippen LogP contribution in [-0.2, 0) is 19.1 Å². The lowest BCUT2D eigenvalue weighted by atomic mass is 9.74. The minimum absolute atomic E-state index is 0.00866. The van der Waals surface area contributed by atoms with E-state index in [-0.39, 0.29) is 29.8 Å². The normalized spacial score (nSPS) is 35.3. The molecule has 0 aromatic heterocycles. The number of likely N-dealkylation sites (tertiary alicyclic amines) is 1. The largest absolute Gasteiger partial charge is 0.359 e. The van der Waals surface area contributed by atoms with Gasteiger partial charge in [-0.3, -0.25) is 14.4 Å². The minimum Gasteiger partial charge on any atom is -0.359 e. The summed E-state index contributed by atoms with van der Waals surface area (Å²) in [4.78, 5) is 44.5. The van der Waals surface area contributed by atoms with Gasteiger partial charge in [0.1, 0.15) is 11.6 Å². The van der Waals surface area contributed by atoms with Crippen molar-refractivity contribution in [1.82, 2.24) is 10.2 Å². The number of nitrogens with zero attached hydrogens (tertiary/aromatic N) is 1. The summed E-state index contributed by atoms with van der Waals surface area (Å²) in [5.41, 5.74) is 0.813. The number of carbonyl (C=O) groups excluding carboxylic acids is 3. The molecule has 41 heavy (non-hydrogen) atoms. The minimum atomic E-state index is -1.10. The molecule has 1 spiro atoms. The zero-order valence-electron chi connectivity index (χ0n) is 24.9. The predicted molar refractivity (Wildman–Crippen MR) is 159 cm³/mol. The number of amides is 3. The zero-order valence-corrected chi connectivity index (χ0v) is 24.9. The quantitative estimate of drug-likeness (QED) is 0.436. The van der Waals surface area contributed by atoms with Crippen molar-refractivity contribution in [2.75, 3.05) is 5.32 Å². The van der Waals surface area contributed by atoms with E-state index >= 15 is 0 Å². The molecule has 2 N–H and O–H groups in total. The van der Waals surface area contributed by atoms with Gasteiger partial charge in [-0.25, -0.2) is 0 Å². The van der Waals surface area contributed by atoms with Gasteiger partial charge in [0.15, 0.2) is 0 Å². The number of rotatable bonds is 6. The van der Waals surface area contributed by atoms with Crippen molar-refractivity contribution in [1.29, 1.82) is 0 Å². The van der Waals surface area contributed by atoms with E-state index in [9.17, 15) is 14.4 Å². The first-order valence-corrected chi connectivity index (χ1v) is 16.2. The molecule has 0 radical (unpaired) electrons. The lowest BCUT2D eigenvalue weighted by Crippen LogP contribution is -2.59. The summed E-state index contributed by atoms with van der Waals surface area (Å²) in [7, 11) is 0. The highest BCUT2D eigenvalue weighted by Gasteiger charge is 2.73. The van der Waals surface area contributed by atoms with E-state index < -0.39 is 29.6 Å². The Bertz CT molecular complexity index is 1170. The maximum absolute atomic E-state index is 14.5. The van der Waals surface area contributed by atoms with Crippen LogP contribution in [-0.4, -0.2) is 52.5 Å². The second kappa shape index (κ2) is 11.5. The maximum Gasteiger partial charge on any atom is 0.246 e. The van der Waals surface area contributed by atoms with Crippen molar-refractivity contribution >= 4 is 23.4 Å². The fraction of sp³-hybridized carbons (Fsp3) is 0.676. The molecule has 2 saturated carbocycles. The maximum atomic E-state index is 14.5. The van der Waals surface area contributed by atoms with Crippen molar-refractivity contribution in [3.8, 4) is 0 Å². The summed E-state index contributed by atoms with van der Waals surface area (Å²) in [6, 6.07) is 7.26. The number of benzene rings is 1. The molecule has 7 atom stereocenters. The smallest absolute Gasteiger partial charge is 0.246 e. The highest BCUT2D eigenvalue weighted by atomic mass is 16.5. The van der Waals surface area contributed by atoms with Gasteiger partial charge in [0.05, 0.1) is 17.9 Å². The molecule has 2 bridgehead atoms. The summed E-state index contributed by atoms with van der Waals surface area (Å²) in [6.07, 6.45) is 15.1. The summed E-state index contributed by atoms with van der Waals surface area (Å²) >= 11 is 0. The Kier molecular flexibility index (Phi) is 8.01. The van der Waals surface area contributed by atoms with Gasteiger partial charge >= 0.3 is 0 Å². The number of carbonyl (C=O) groups is 3. The lowest BCUT2D eigenvalue weighted by Gasteiger charge is -2.39. The number of ether oxygens (including phenoxy) is 1. The van der Waals surface area contributed by atoms with Crippen LogP contribution in [0.3, 0.4) is 0 Å². The molecule has 222 valence electrons. The lowest BCUT2D eigenvalue weighted by molar-refractivity contribution is -0.144. The average molecular weight is 562 g/mol. The van der Waals surface area contributed by atoms with Crippen LogP contribution >= 0.6 is 0 Å². The van der Waals surface area contributed by atoms with Gasteiger partial charge in [-0.15, -0.1) is 0 Å². The molecule has 3 amide bonds. The van der Waals surface area contributed by atoms with Crippen LogP contribution in [0.25, 0.3) is 0 Å². The Balaban J connectivity index is 1.30. The average Bonchev–Trinajstić information content (AvgIpc) is 3.58. The van der Waals surface area contributed by atoms with Crippen LogP contribution in [0.5, 0.6) is 0 Å². The van der Waals surface area contributed by atoms with E-state index in [1.165, 1.54) is 18.4 Å². The van der Waals surface area contributed by atoms with E-state index in [1.54, 1.807) is 0 Å². The highest BCUT2D eigenvalue weighted by Crippen LogP contribution is 2.56. The molecule has 2 aliphatic carbocycles. The Morgan fingerprint density at radius 2 is 1.59 bits per heavy atom. The number of nitrogens with one attached hydrogen (secondary N) is 2. The van der Waals surface area contributed by atoms with Crippen molar-refractivity contribution in [3.63, 3.8) is 0 Å². The van der Waals surface area contributed by atoms with E-state index in [0.29, 0.717) is 17.5 Å². The number of fused-ring (bicyclic) bond motifs is 1. The fourth-order valence-corrected chi connectivity index (χ4v) is 8.28. The van der Waals surface area contributed by atoms with Crippen molar-refractivity contribution in [3.05, 3.63) is 42.0 Å². The molecule has 2 saturated heterocycles. The Hall–Kier alpha value is -2.67. The van der Waals surface area contributed by atoms with E-state index in [0.717, 1.165) is 57.8 Å². The number of anilines is 1. The Labute approximate surface area is 244 Å². The molecule has 7 unspecified atom stereocenters. The SMILES string of the molecule is CC(C)c1ccc(NC(=O)C2C3C=CC4(O3)C2C(=O)N(C2CCCCCCC2)C4C(=O)NC2CCCCC2C)cc1. The van der Waals surface area contributed by atoms with Crippen molar-refractivity contribution in [2.45, 2.75) is 127 Å². The Morgan fingerprint density at radius 1 is 0.927 bits per heavy atom. The van der Waals surface area contributed by atoms with E-state index in [4.69, 9.17) is 4.74 Å². The molecular weight excluding hydrogens is 514 g/mol. The predicted octanol–water partition coefficient (Wildman–Crippen LogP) is 5.71. The number of hydrogen-bond acceptors (Lipinski definition) is 4. The first kappa shape index (κ1) is 28.4. The van der Waals surface area contributed by atoms with Gasteiger partial charge in [0, 0.05) is 17.8 Å². The third kappa shape index (κ3) is 5.13. The summed E-state index contributed by atoms with van der Waals surface area (Å²) in [5, 5.41) is 6.44. The molecule has 7 heteroatoms. The summed E-state index contributed by atoms with van der Waals surface area (Å²) in [6.45, 7) is 6.49. The van der Waals surface area contributed by atoms with Gasteiger partial charge in [-0.05, 0) is 55.2 Å². The second-order valence-corrected chi connectivity index (χ2v) is 13.6. The van der Waals surface area contributed by atoms with Crippen LogP contribution in [0, 0.1) is 17.8 Å². The standard InChI is InChI=1S/C34H47N3O4/c1-21(2)23-15-17-24(18-16-23)35-31(38)28-27-19-20-34(41-27)29(28)33(40)37(25-12-7-5-4-6-8-13-25)30(34)32(39)36-26-14-10-9-11-22(26)3/h15-22,25-30H,4-14H2,1-3H3,(H,35,38)(H,36,39). The monoisotopic (exact) mass is 561 g/mol. The van der Waals surface area contributed by atoms with Crippen molar-refractivity contribution in [2.24, 2.45) is 17.8 Å². The van der Waals surface area contributed by atoms with Crippen LogP contribution in [0.1, 0.15) is 103 Å². The fourth-order valence-electron chi connectivity index (χ4n) is 8.28. The topological polar surface area (TPSA) is 87.7 Å². The molecule has 1 aromatic carbocycles. The van der Waals surface area contributed by atoms with Crippen LogP contribution in [0.2, 0.25) is 0 Å². The van der Waals surface area contributed by atoms with E-state index in [1.807, 2.05) is 41.3 Å². The van der Waals surface area contributed by atoms with Gasteiger partial charge in [-0.1, -0.05) is 90.0 Å². The molecule has 1 aromatic rings. The Morgan fingerprint density at radius 3 is 2.27 bits per heavy atom. The zero-order chi connectivity index (χ0) is 28.7. The highest BCUT2D eigenvalue weighted by molar-refractivity contribution is 6.03. The van der Waals surface area contributed by atoms with E-state index in [2.05, 4.69) is 31.4 Å². The first-order chi connectivity index (χ1) is 19.8. The van der Waals surface area contributed by atoms with Crippen molar-refractivity contribution < 1.29 is 19.1 Å². The molecule has 7 nitrogen and oxygen atoms in total. The third-order valence-corrected chi connectivity index (χ3v) is 10.6. The molecule has 3 heterocycles. The van der Waals surface area contributed by atoms with Gasteiger partial charge in [0.25, 0.3) is 0 Å².